The SMILES string of the molecule is N#CNc1cccc(-c2cscn2)c1. The fourth-order valence-corrected chi connectivity index (χ4v) is 1.74. The molecule has 0 saturated carbocycles. The van der Waals surface area contributed by atoms with Gasteiger partial charge < -0.3 is 0 Å². The van der Waals surface area contributed by atoms with Gasteiger partial charge in [-0.2, -0.15) is 5.26 Å². The molecule has 1 N–H and O–H groups in total. The predicted octanol–water partition coefficient (Wildman–Crippen LogP) is 2.70. The molecule has 3 nitrogen and oxygen atoms in total. The second-order valence-electron chi connectivity index (χ2n) is 2.69. The molecule has 0 saturated heterocycles. The molecule has 0 spiro atoms. The molecule has 0 aliphatic heterocycles. The fourth-order valence-electron chi connectivity index (χ4n) is 1.18. The van der Waals surface area contributed by atoms with Crippen LogP contribution < -0.4 is 5.32 Å². The summed E-state index contributed by atoms with van der Waals surface area (Å²) < 4.78 is 0. The lowest BCUT2D eigenvalue weighted by atomic mass is 10.1. The first-order valence-corrected chi connectivity index (χ1v) is 4.98. The Bertz CT molecular complexity index is 456. The first-order valence-electron chi connectivity index (χ1n) is 4.04. The summed E-state index contributed by atoms with van der Waals surface area (Å²) in [6, 6.07) is 7.61. The summed E-state index contributed by atoms with van der Waals surface area (Å²) in [6.45, 7) is 0. The molecule has 0 bridgehead atoms. The van der Waals surface area contributed by atoms with Crippen molar-refractivity contribution in [2.75, 3.05) is 5.32 Å². The van der Waals surface area contributed by atoms with Gasteiger partial charge in [-0.1, -0.05) is 12.1 Å². The van der Waals surface area contributed by atoms with Gasteiger partial charge in [0.2, 0.25) is 0 Å². The third-order valence-corrected chi connectivity index (χ3v) is 2.38. The van der Waals surface area contributed by atoms with Crippen molar-refractivity contribution in [3.05, 3.63) is 35.2 Å². The highest BCUT2D eigenvalue weighted by atomic mass is 32.1. The Morgan fingerprint density at radius 3 is 3.07 bits per heavy atom. The molecule has 2 rings (SSSR count). The third-order valence-electron chi connectivity index (χ3n) is 1.79. The molecule has 1 heterocycles. The van der Waals surface area contributed by atoms with Crippen LogP contribution in [0.5, 0.6) is 0 Å². The van der Waals surface area contributed by atoms with Crippen LogP contribution in [0, 0.1) is 11.5 Å². The number of hydrogen-bond donors (Lipinski definition) is 1. The Morgan fingerprint density at radius 1 is 1.43 bits per heavy atom. The molecule has 68 valence electrons. The Morgan fingerprint density at radius 2 is 2.36 bits per heavy atom. The first kappa shape index (κ1) is 8.73. The van der Waals surface area contributed by atoms with E-state index in [1.807, 2.05) is 35.8 Å². The Kier molecular flexibility index (Phi) is 2.43. The van der Waals surface area contributed by atoms with Gasteiger partial charge in [-0.05, 0) is 12.1 Å². The molecule has 0 aliphatic carbocycles. The number of nitriles is 1. The molecule has 0 amide bonds. The highest BCUT2D eigenvalue weighted by Crippen LogP contribution is 2.21. The lowest BCUT2D eigenvalue weighted by Crippen LogP contribution is -1.87. The van der Waals surface area contributed by atoms with Crippen LogP contribution in [0.2, 0.25) is 0 Å². The topological polar surface area (TPSA) is 48.7 Å². The van der Waals surface area contributed by atoms with E-state index in [1.54, 1.807) is 16.8 Å². The van der Waals surface area contributed by atoms with Crippen LogP contribution in [-0.4, -0.2) is 4.98 Å². The maximum absolute atomic E-state index is 8.47. The summed E-state index contributed by atoms with van der Waals surface area (Å²) in [6.07, 6.45) is 1.89. The average molecular weight is 201 g/mol. The minimum Gasteiger partial charge on any atom is -0.293 e. The molecule has 0 fully saturated rings. The van der Waals surface area contributed by atoms with Crippen LogP contribution in [0.15, 0.2) is 35.2 Å². The molecule has 0 aliphatic rings. The number of thiazole rings is 1. The van der Waals surface area contributed by atoms with Crippen LogP contribution in [-0.2, 0) is 0 Å². The highest BCUT2D eigenvalue weighted by Gasteiger charge is 1.99. The smallest absolute Gasteiger partial charge is 0.181 e. The largest absolute Gasteiger partial charge is 0.293 e. The van der Waals surface area contributed by atoms with Crippen molar-refractivity contribution in [3.63, 3.8) is 0 Å². The van der Waals surface area contributed by atoms with E-state index in [0.717, 1.165) is 16.9 Å². The minimum absolute atomic E-state index is 0.790. The Balaban J connectivity index is 2.37. The van der Waals surface area contributed by atoms with Crippen molar-refractivity contribution in [3.8, 4) is 17.5 Å². The summed E-state index contributed by atoms with van der Waals surface area (Å²) in [5, 5.41) is 13.0. The zero-order valence-electron chi connectivity index (χ0n) is 7.27. The van der Waals surface area contributed by atoms with E-state index < -0.39 is 0 Å². The van der Waals surface area contributed by atoms with Crippen LogP contribution in [0.4, 0.5) is 5.69 Å². The van der Waals surface area contributed by atoms with E-state index >= 15 is 0 Å². The molecule has 0 radical (unpaired) electrons. The standard InChI is InChI=1S/C10H7N3S/c11-6-12-9-3-1-2-8(4-9)10-5-14-7-13-10/h1-5,7,12H. The highest BCUT2D eigenvalue weighted by molar-refractivity contribution is 7.07. The Hall–Kier alpha value is -1.86. The van der Waals surface area contributed by atoms with Gasteiger partial charge in [0.05, 0.1) is 11.2 Å². The van der Waals surface area contributed by atoms with Crippen molar-refractivity contribution < 1.29 is 0 Å². The summed E-state index contributed by atoms with van der Waals surface area (Å²) in [4.78, 5) is 4.20. The fraction of sp³-hybridized carbons (Fsp3) is 0. The zero-order valence-corrected chi connectivity index (χ0v) is 8.08. The second-order valence-corrected chi connectivity index (χ2v) is 3.41. The number of anilines is 1. The van der Waals surface area contributed by atoms with Gasteiger partial charge in [0.25, 0.3) is 0 Å². The summed E-state index contributed by atoms with van der Waals surface area (Å²) >= 11 is 1.56. The summed E-state index contributed by atoms with van der Waals surface area (Å²) in [7, 11) is 0. The second kappa shape index (κ2) is 3.90. The number of hydrogen-bond acceptors (Lipinski definition) is 4. The van der Waals surface area contributed by atoms with Gasteiger partial charge in [-0.3, -0.25) is 5.32 Å². The lowest BCUT2D eigenvalue weighted by molar-refractivity contribution is 1.40. The van der Waals surface area contributed by atoms with Crippen molar-refractivity contribution in [1.29, 1.82) is 5.26 Å². The third kappa shape index (κ3) is 1.73. The van der Waals surface area contributed by atoms with Crippen LogP contribution in [0.1, 0.15) is 0 Å². The van der Waals surface area contributed by atoms with Gasteiger partial charge in [-0.25, -0.2) is 4.98 Å². The maximum atomic E-state index is 8.47. The Labute approximate surface area is 85.7 Å². The van der Waals surface area contributed by atoms with Crippen molar-refractivity contribution in [1.82, 2.24) is 4.98 Å². The monoisotopic (exact) mass is 201 g/mol. The van der Waals surface area contributed by atoms with E-state index in [-0.39, 0.29) is 0 Å². The van der Waals surface area contributed by atoms with Crippen LogP contribution >= 0.6 is 11.3 Å². The molecule has 4 heteroatoms. The van der Waals surface area contributed by atoms with Crippen LogP contribution in [0.25, 0.3) is 11.3 Å². The lowest BCUT2D eigenvalue weighted by Gasteiger charge is -1.99. The molecular formula is C10H7N3S. The van der Waals surface area contributed by atoms with Gasteiger partial charge in [0.15, 0.2) is 6.19 Å². The quantitative estimate of drug-likeness (QED) is 0.600. The number of nitrogens with one attached hydrogen (secondary N) is 1. The summed E-state index contributed by atoms with van der Waals surface area (Å²) in [5.41, 5.74) is 4.54. The van der Waals surface area contributed by atoms with Gasteiger partial charge in [-0.15, -0.1) is 11.3 Å². The van der Waals surface area contributed by atoms with Crippen molar-refractivity contribution in [2.45, 2.75) is 0 Å². The average Bonchev–Trinajstić information content (AvgIpc) is 2.71. The van der Waals surface area contributed by atoms with Crippen LogP contribution in [0.3, 0.4) is 0 Å². The molecule has 0 atom stereocenters. The van der Waals surface area contributed by atoms with Crippen molar-refractivity contribution >= 4 is 17.0 Å². The maximum Gasteiger partial charge on any atom is 0.181 e. The molecule has 1 aromatic carbocycles. The first-order chi connectivity index (χ1) is 6.90. The number of benzene rings is 1. The normalized spacial score (nSPS) is 9.36. The molecule has 14 heavy (non-hydrogen) atoms. The summed E-state index contributed by atoms with van der Waals surface area (Å²) in [5.74, 6) is 0. The minimum atomic E-state index is 0.790. The molecular weight excluding hydrogens is 194 g/mol. The van der Waals surface area contributed by atoms with E-state index in [0.29, 0.717) is 0 Å². The van der Waals surface area contributed by atoms with E-state index in [9.17, 15) is 0 Å². The molecule has 0 unspecified atom stereocenters. The number of rotatable bonds is 2. The van der Waals surface area contributed by atoms with Gasteiger partial charge in [0.1, 0.15) is 0 Å². The predicted molar refractivity (Wildman–Crippen MR) is 56.8 cm³/mol. The van der Waals surface area contributed by atoms with E-state index in [1.165, 1.54) is 0 Å². The number of nitrogens with zero attached hydrogens (tertiary/aromatic N) is 2. The molecule has 2 aromatic rings. The van der Waals surface area contributed by atoms with E-state index in [4.69, 9.17) is 5.26 Å². The van der Waals surface area contributed by atoms with E-state index in [2.05, 4.69) is 10.3 Å². The van der Waals surface area contributed by atoms with Gasteiger partial charge in [0, 0.05) is 16.6 Å². The zero-order chi connectivity index (χ0) is 9.80. The number of aromatic nitrogens is 1. The van der Waals surface area contributed by atoms with Gasteiger partial charge >= 0.3 is 0 Å². The molecule has 1 aromatic heterocycles. The van der Waals surface area contributed by atoms with Crippen molar-refractivity contribution in [2.24, 2.45) is 0 Å².